The Bertz CT molecular complexity index is 555. The van der Waals surface area contributed by atoms with Gasteiger partial charge in [-0.1, -0.05) is 12.1 Å². The van der Waals surface area contributed by atoms with Crippen LogP contribution >= 0.6 is 0 Å². The molecule has 0 saturated heterocycles. The smallest absolute Gasteiger partial charge is 0.162 e. The van der Waals surface area contributed by atoms with E-state index in [0.29, 0.717) is 5.56 Å². The first-order valence-electron chi connectivity index (χ1n) is 5.68. The van der Waals surface area contributed by atoms with Crippen molar-refractivity contribution in [2.24, 2.45) is 5.73 Å². The highest BCUT2D eigenvalue weighted by Crippen LogP contribution is 2.21. The van der Waals surface area contributed by atoms with Crippen LogP contribution in [0.2, 0.25) is 0 Å². The number of nitrogens with two attached hydrogens (primary N) is 1. The predicted octanol–water partition coefficient (Wildman–Crippen LogP) is 2.91. The van der Waals surface area contributed by atoms with Crippen LogP contribution in [0.3, 0.4) is 0 Å². The summed E-state index contributed by atoms with van der Waals surface area (Å²) in [6.07, 6.45) is 3.61. The highest BCUT2D eigenvalue weighted by atomic mass is 19.2. The van der Waals surface area contributed by atoms with Gasteiger partial charge in [0.25, 0.3) is 0 Å². The largest absolute Gasteiger partial charge is 0.324 e. The van der Waals surface area contributed by atoms with Crippen molar-refractivity contribution < 1.29 is 8.78 Å². The molecule has 2 aromatic rings. The van der Waals surface area contributed by atoms with E-state index < -0.39 is 11.6 Å². The molecule has 1 unspecified atom stereocenters. The van der Waals surface area contributed by atoms with Gasteiger partial charge in [0, 0.05) is 18.4 Å². The van der Waals surface area contributed by atoms with Crippen molar-refractivity contribution in [3.05, 3.63) is 65.0 Å². The molecule has 4 heteroatoms. The molecule has 94 valence electrons. The molecule has 1 atom stereocenters. The lowest BCUT2D eigenvalue weighted by Crippen LogP contribution is -2.15. The third-order valence-electron chi connectivity index (χ3n) is 2.93. The molecule has 18 heavy (non-hydrogen) atoms. The van der Waals surface area contributed by atoms with Gasteiger partial charge in [0.2, 0.25) is 0 Å². The first kappa shape index (κ1) is 12.6. The van der Waals surface area contributed by atoms with Gasteiger partial charge in [-0.25, -0.2) is 8.78 Å². The zero-order chi connectivity index (χ0) is 13.1. The van der Waals surface area contributed by atoms with E-state index in [4.69, 9.17) is 5.73 Å². The van der Waals surface area contributed by atoms with Gasteiger partial charge in [0.15, 0.2) is 11.6 Å². The predicted molar refractivity (Wildman–Crippen MR) is 66.0 cm³/mol. The van der Waals surface area contributed by atoms with Crippen molar-refractivity contribution in [1.29, 1.82) is 0 Å². The number of hydrogen-bond acceptors (Lipinski definition) is 2. The fourth-order valence-corrected chi connectivity index (χ4v) is 1.95. The molecule has 1 heterocycles. The Kier molecular flexibility index (Phi) is 3.67. The summed E-state index contributed by atoms with van der Waals surface area (Å²) in [4.78, 5) is 3.98. The molecule has 0 aliphatic carbocycles. The number of rotatable bonds is 3. The summed E-state index contributed by atoms with van der Waals surface area (Å²) in [6, 6.07) is 5.57. The standard InChI is InChI=1S/C14H14F2N2/c1-9-8-18-6-5-11(9)13(17)7-10-3-2-4-12(15)14(10)16/h2-6,8,13H,7,17H2,1H3. The van der Waals surface area contributed by atoms with E-state index in [1.165, 1.54) is 6.07 Å². The van der Waals surface area contributed by atoms with E-state index in [1.807, 2.05) is 6.92 Å². The maximum Gasteiger partial charge on any atom is 0.162 e. The summed E-state index contributed by atoms with van der Waals surface area (Å²) >= 11 is 0. The molecule has 0 aliphatic rings. The van der Waals surface area contributed by atoms with Gasteiger partial charge in [0.1, 0.15) is 0 Å². The van der Waals surface area contributed by atoms with Gasteiger partial charge in [-0.3, -0.25) is 4.98 Å². The Labute approximate surface area is 104 Å². The lowest BCUT2D eigenvalue weighted by Gasteiger charge is -2.14. The van der Waals surface area contributed by atoms with Gasteiger partial charge < -0.3 is 5.73 Å². The molecule has 1 aromatic carbocycles. The number of aromatic nitrogens is 1. The molecular weight excluding hydrogens is 234 g/mol. The minimum Gasteiger partial charge on any atom is -0.324 e. The van der Waals surface area contributed by atoms with Crippen LogP contribution in [0.1, 0.15) is 22.7 Å². The molecule has 0 bridgehead atoms. The Morgan fingerprint density at radius 1 is 1.28 bits per heavy atom. The fraction of sp³-hybridized carbons (Fsp3) is 0.214. The molecule has 0 amide bonds. The van der Waals surface area contributed by atoms with Crippen LogP contribution in [0.5, 0.6) is 0 Å². The summed E-state index contributed by atoms with van der Waals surface area (Å²) in [5.41, 5.74) is 8.16. The normalized spacial score (nSPS) is 12.4. The molecule has 2 rings (SSSR count). The first-order chi connectivity index (χ1) is 8.59. The van der Waals surface area contributed by atoms with E-state index in [9.17, 15) is 8.78 Å². The number of halogens is 2. The minimum atomic E-state index is -0.842. The van der Waals surface area contributed by atoms with Gasteiger partial charge in [0.05, 0.1) is 0 Å². The Morgan fingerprint density at radius 2 is 2.06 bits per heavy atom. The molecule has 2 nitrogen and oxygen atoms in total. The lowest BCUT2D eigenvalue weighted by molar-refractivity contribution is 0.494. The molecule has 1 aromatic heterocycles. The molecular formula is C14H14F2N2. The van der Waals surface area contributed by atoms with Crippen molar-refractivity contribution >= 4 is 0 Å². The number of pyridine rings is 1. The van der Waals surface area contributed by atoms with Crippen molar-refractivity contribution in [3.63, 3.8) is 0 Å². The summed E-state index contributed by atoms with van der Waals surface area (Å²) in [6.45, 7) is 1.89. The highest BCUT2D eigenvalue weighted by molar-refractivity contribution is 5.28. The molecule has 0 fully saturated rings. The summed E-state index contributed by atoms with van der Waals surface area (Å²) < 4.78 is 26.6. The fourth-order valence-electron chi connectivity index (χ4n) is 1.95. The molecule has 0 saturated carbocycles. The van der Waals surface area contributed by atoms with Crippen molar-refractivity contribution in [2.45, 2.75) is 19.4 Å². The first-order valence-corrected chi connectivity index (χ1v) is 5.68. The Morgan fingerprint density at radius 3 is 2.78 bits per heavy atom. The third-order valence-corrected chi connectivity index (χ3v) is 2.93. The monoisotopic (exact) mass is 248 g/mol. The maximum absolute atomic E-state index is 13.5. The number of benzene rings is 1. The SMILES string of the molecule is Cc1cnccc1C(N)Cc1cccc(F)c1F. The van der Waals surface area contributed by atoms with E-state index in [0.717, 1.165) is 17.2 Å². The molecule has 2 N–H and O–H groups in total. The second kappa shape index (κ2) is 5.23. The van der Waals surface area contributed by atoms with E-state index >= 15 is 0 Å². The van der Waals surface area contributed by atoms with Gasteiger partial charge in [-0.15, -0.1) is 0 Å². The van der Waals surface area contributed by atoms with Gasteiger partial charge >= 0.3 is 0 Å². The second-order valence-electron chi connectivity index (χ2n) is 4.26. The zero-order valence-corrected chi connectivity index (χ0v) is 10.0. The van der Waals surface area contributed by atoms with Crippen LogP contribution in [0.15, 0.2) is 36.7 Å². The topological polar surface area (TPSA) is 38.9 Å². The minimum absolute atomic E-state index is 0.258. The van der Waals surface area contributed by atoms with Crippen molar-refractivity contribution in [2.75, 3.05) is 0 Å². The van der Waals surface area contributed by atoms with Crippen LogP contribution < -0.4 is 5.73 Å². The second-order valence-corrected chi connectivity index (χ2v) is 4.26. The molecule has 0 aliphatic heterocycles. The van der Waals surface area contributed by atoms with Crippen LogP contribution in [0.25, 0.3) is 0 Å². The quantitative estimate of drug-likeness (QED) is 0.907. The van der Waals surface area contributed by atoms with Crippen molar-refractivity contribution in [1.82, 2.24) is 4.98 Å². The van der Waals surface area contributed by atoms with E-state index in [1.54, 1.807) is 24.5 Å². The van der Waals surface area contributed by atoms with E-state index in [-0.39, 0.29) is 12.5 Å². The number of aryl methyl sites for hydroxylation is 1. The van der Waals surface area contributed by atoms with Gasteiger partial charge in [-0.05, 0) is 42.2 Å². The average molecular weight is 248 g/mol. The average Bonchev–Trinajstić information content (AvgIpc) is 2.35. The van der Waals surface area contributed by atoms with Gasteiger partial charge in [-0.2, -0.15) is 0 Å². The number of hydrogen-bond donors (Lipinski definition) is 1. The lowest BCUT2D eigenvalue weighted by atomic mass is 9.97. The number of nitrogens with zero attached hydrogens (tertiary/aromatic N) is 1. The summed E-state index contributed by atoms with van der Waals surface area (Å²) in [5.74, 6) is -1.66. The summed E-state index contributed by atoms with van der Waals surface area (Å²) in [5, 5.41) is 0. The van der Waals surface area contributed by atoms with Crippen LogP contribution in [-0.4, -0.2) is 4.98 Å². The summed E-state index contributed by atoms with van der Waals surface area (Å²) in [7, 11) is 0. The van der Waals surface area contributed by atoms with Crippen LogP contribution in [0, 0.1) is 18.6 Å². The molecule has 0 spiro atoms. The molecule has 0 radical (unpaired) electrons. The highest BCUT2D eigenvalue weighted by Gasteiger charge is 2.14. The van der Waals surface area contributed by atoms with E-state index in [2.05, 4.69) is 4.98 Å². The van der Waals surface area contributed by atoms with Crippen LogP contribution in [-0.2, 0) is 6.42 Å². The van der Waals surface area contributed by atoms with Crippen molar-refractivity contribution in [3.8, 4) is 0 Å². The zero-order valence-electron chi connectivity index (χ0n) is 10.0. The third kappa shape index (κ3) is 2.54. The Balaban J connectivity index is 2.24. The Hall–Kier alpha value is -1.81. The van der Waals surface area contributed by atoms with Crippen LogP contribution in [0.4, 0.5) is 8.78 Å². The maximum atomic E-state index is 13.5.